The van der Waals surface area contributed by atoms with Crippen LogP contribution in [0.1, 0.15) is 34.1 Å². The summed E-state index contributed by atoms with van der Waals surface area (Å²) in [4.78, 5) is 36.3. The fourth-order valence-corrected chi connectivity index (χ4v) is 2.38. The second kappa shape index (κ2) is 9.80. The van der Waals surface area contributed by atoms with Crippen LogP contribution in [0.2, 0.25) is 10.0 Å². The number of benzene rings is 1. The maximum Gasteiger partial charge on any atom is 0.328 e. The largest absolute Gasteiger partial charge is 0.467 e. The van der Waals surface area contributed by atoms with Crippen LogP contribution in [0.25, 0.3) is 0 Å². The summed E-state index contributed by atoms with van der Waals surface area (Å²) in [5.74, 6) is -1.86. The number of amides is 1. The van der Waals surface area contributed by atoms with Gasteiger partial charge in [-0.15, -0.1) is 0 Å². The van der Waals surface area contributed by atoms with E-state index in [2.05, 4.69) is 15.4 Å². The summed E-state index contributed by atoms with van der Waals surface area (Å²) in [5.41, 5.74) is -0.126. The minimum atomic E-state index is -1.16. The Hall–Kier alpha value is -1.99. The van der Waals surface area contributed by atoms with Crippen LogP contribution >= 0.6 is 23.2 Å². The summed E-state index contributed by atoms with van der Waals surface area (Å²) in [6.07, 6.45) is -0.338. The van der Waals surface area contributed by atoms with Gasteiger partial charge in [-0.1, -0.05) is 23.2 Å². The molecule has 9 heteroatoms. The van der Waals surface area contributed by atoms with Crippen molar-refractivity contribution in [2.45, 2.75) is 51.8 Å². The Bertz CT molecular complexity index is 703. The molecule has 27 heavy (non-hydrogen) atoms. The number of ether oxygens (including phenoxy) is 2. The first-order valence-corrected chi connectivity index (χ1v) is 9.00. The van der Waals surface area contributed by atoms with Gasteiger partial charge in [-0.05, 0) is 45.9 Å². The molecule has 0 aliphatic heterocycles. The number of rotatable bonds is 7. The van der Waals surface area contributed by atoms with Crippen LogP contribution in [0.3, 0.4) is 0 Å². The molecular formula is C18H24Cl2N2O5. The fourth-order valence-electron chi connectivity index (χ4n) is 2.08. The van der Waals surface area contributed by atoms with Gasteiger partial charge in [-0.2, -0.15) is 0 Å². The molecule has 0 saturated carbocycles. The predicted molar refractivity (Wildman–Crippen MR) is 104 cm³/mol. The van der Waals surface area contributed by atoms with Crippen LogP contribution < -0.4 is 10.6 Å². The number of nitrogens with one attached hydrogen (secondary N) is 2. The zero-order chi connectivity index (χ0) is 20.8. The van der Waals surface area contributed by atoms with E-state index < -0.39 is 35.5 Å². The van der Waals surface area contributed by atoms with Gasteiger partial charge in [-0.3, -0.25) is 9.59 Å². The lowest BCUT2D eigenvalue weighted by molar-refractivity contribution is -0.159. The first kappa shape index (κ1) is 23.0. The van der Waals surface area contributed by atoms with E-state index in [1.165, 1.54) is 7.11 Å². The number of carbonyl (C=O) groups is 3. The quantitative estimate of drug-likeness (QED) is 0.660. The second-order valence-electron chi connectivity index (χ2n) is 6.87. The van der Waals surface area contributed by atoms with Gasteiger partial charge in [0.25, 0.3) is 0 Å². The second-order valence-corrected chi connectivity index (χ2v) is 7.68. The van der Waals surface area contributed by atoms with E-state index in [4.69, 9.17) is 27.9 Å². The molecule has 1 amide bonds. The van der Waals surface area contributed by atoms with Crippen molar-refractivity contribution in [2.75, 3.05) is 12.4 Å². The Morgan fingerprint density at radius 2 is 1.78 bits per heavy atom. The van der Waals surface area contributed by atoms with Gasteiger partial charge in [0, 0.05) is 5.69 Å². The molecule has 1 aromatic rings. The van der Waals surface area contributed by atoms with E-state index in [-0.39, 0.29) is 6.42 Å². The Balaban J connectivity index is 2.75. The summed E-state index contributed by atoms with van der Waals surface area (Å²) in [6.45, 7) is 6.72. The van der Waals surface area contributed by atoms with Gasteiger partial charge >= 0.3 is 11.9 Å². The van der Waals surface area contributed by atoms with Crippen LogP contribution in [0.5, 0.6) is 0 Å². The number of carbonyl (C=O) groups excluding carboxylic acids is 3. The molecule has 2 N–H and O–H groups in total. The predicted octanol–water partition coefficient (Wildman–Crippen LogP) is 3.18. The third-order valence-corrected chi connectivity index (χ3v) is 4.03. The van der Waals surface area contributed by atoms with E-state index in [0.29, 0.717) is 15.7 Å². The average Bonchev–Trinajstić information content (AvgIpc) is 2.54. The molecule has 0 unspecified atom stereocenters. The molecule has 2 atom stereocenters. The van der Waals surface area contributed by atoms with Crippen molar-refractivity contribution < 1.29 is 23.9 Å². The maximum atomic E-state index is 12.4. The minimum Gasteiger partial charge on any atom is -0.467 e. The fraction of sp³-hybridized carbons (Fsp3) is 0.500. The van der Waals surface area contributed by atoms with Crippen molar-refractivity contribution in [1.82, 2.24) is 5.32 Å². The Kier molecular flexibility index (Phi) is 8.37. The molecule has 0 spiro atoms. The highest BCUT2D eigenvalue weighted by atomic mass is 35.5. The summed E-state index contributed by atoms with van der Waals surface area (Å²) >= 11 is 11.8. The van der Waals surface area contributed by atoms with Gasteiger partial charge in [0.15, 0.2) is 0 Å². The highest BCUT2D eigenvalue weighted by Gasteiger charge is 2.29. The minimum absolute atomic E-state index is 0.338. The first-order valence-electron chi connectivity index (χ1n) is 8.24. The molecule has 0 aliphatic rings. The normalized spacial score (nSPS) is 13.3. The van der Waals surface area contributed by atoms with E-state index in [1.807, 2.05) is 0 Å². The van der Waals surface area contributed by atoms with Gasteiger partial charge in [0.05, 0.1) is 23.6 Å². The van der Waals surface area contributed by atoms with Crippen molar-refractivity contribution in [3.63, 3.8) is 0 Å². The van der Waals surface area contributed by atoms with Gasteiger partial charge in [-0.25, -0.2) is 4.79 Å². The topological polar surface area (TPSA) is 93.7 Å². The van der Waals surface area contributed by atoms with Crippen molar-refractivity contribution in [2.24, 2.45) is 0 Å². The highest BCUT2D eigenvalue weighted by Crippen LogP contribution is 2.25. The monoisotopic (exact) mass is 418 g/mol. The molecule has 1 rings (SSSR count). The van der Waals surface area contributed by atoms with Crippen molar-refractivity contribution in [3.8, 4) is 0 Å². The summed E-state index contributed by atoms with van der Waals surface area (Å²) in [5, 5.41) is 6.17. The lowest BCUT2D eigenvalue weighted by Gasteiger charge is -2.23. The Morgan fingerprint density at radius 3 is 2.30 bits per heavy atom. The van der Waals surface area contributed by atoms with E-state index >= 15 is 0 Å². The molecule has 0 aromatic heterocycles. The first-order chi connectivity index (χ1) is 12.4. The Morgan fingerprint density at radius 1 is 1.15 bits per heavy atom. The van der Waals surface area contributed by atoms with Crippen molar-refractivity contribution >= 4 is 46.7 Å². The molecule has 0 heterocycles. The molecule has 1 aromatic carbocycles. The van der Waals surface area contributed by atoms with E-state index in [0.717, 1.165) is 0 Å². The van der Waals surface area contributed by atoms with Gasteiger partial charge in [0.1, 0.15) is 17.7 Å². The Labute approximate surface area is 168 Å². The number of hydrogen-bond donors (Lipinski definition) is 2. The molecule has 0 saturated heterocycles. The molecule has 0 radical (unpaired) electrons. The smallest absolute Gasteiger partial charge is 0.328 e. The standard InChI is InChI=1S/C18H24Cl2N2O5/c1-10(21-11-6-7-12(19)13(20)8-11)16(24)22-14(17(25)26-5)9-15(23)27-18(2,3)4/h6-8,10,14,21H,9H2,1-5H3,(H,22,24)/t10-,14-/m0/s1. The van der Waals surface area contributed by atoms with Crippen molar-refractivity contribution in [1.29, 1.82) is 0 Å². The molecule has 0 aliphatic carbocycles. The molecule has 7 nitrogen and oxygen atoms in total. The lowest BCUT2D eigenvalue weighted by atomic mass is 10.1. The number of esters is 2. The van der Waals surface area contributed by atoms with Crippen molar-refractivity contribution in [3.05, 3.63) is 28.2 Å². The molecular weight excluding hydrogens is 395 g/mol. The van der Waals surface area contributed by atoms with Crippen LogP contribution in [0, 0.1) is 0 Å². The van der Waals surface area contributed by atoms with Crippen LogP contribution in [0.4, 0.5) is 5.69 Å². The molecule has 150 valence electrons. The van der Waals surface area contributed by atoms with Crippen LogP contribution in [0.15, 0.2) is 18.2 Å². The van der Waals surface area contributed by atoms with Gasteiger partial charge < -0.3 is 20.1 Å². The molecule has 0 bridgehead atoms. The zero-order valence-corrected chi connectivity index (χ0v) is 17.4. The third-order valence-electron chi connectivity index (χ3n) is 3.29. The zero-order valence-electron chi connectivity index (χ0n) is 15.9. The van der Waals surface area contributed by atoms with Crippen LogP contribution in [-0.4, -0.2) is 42.6 Å². The summed E-state index contributed by atoms with van der Waals surface area (Å²) < 4.78 is 9.84. The average molecular weight is 419 g/mol. The summed E-state index contributed by atoms with van der Waals surface area (Å²) in [6, 6.07) is 2.96. The highest BCUT2D eigenvalue weighted by molar-refractivity contribution is 6.42. The summed E-state index contributed by atoms with van der Waals surface area (Å²) in [7, 11) is 1.17. The molecule has 0 fully saturated rings. The van der Waals surface area contributed by atoms with E-state index in [1.54, 1.807) is 45.9 Å². The number of hydrogen-bond acceptors (Lipinski definition) is 6. The number of methoxy groups -OCH3 is 1. The maximum absolute atomic E-state index is 12.4. The SMILES string of the molecule is COC(=O)[C@H](CC(=O)OC(C)(C)C)NC(=O)[C@H](C)Nc1ccc(Cl)c(Cl)c1. The third kappa shape index (κ3) is 8.05. The van der Waals surface area contributed by atoms with Crippen LogP contribution in [-0.2, 0) is 23.9 Å². The van der Waals surface area contributed by atoms with Gasteiger partial charge in [0.2, 0.25) is 5.91 Å². The number of halogens is 2. The number of anilines is 1. The lowest BCUT2D eigenvalue weighted by Crippen LogP contribution is -2.48. The van der Waals surface area contributed by atoms with E-state index in [9.17, 15) is 14.4 Å².